The molecule has 1 aliphatic heterocycles. The minimum atomic E-state index is -0.139. The van der Waals surface area contributed by atoms with Gasteiger partial charge in [0.15, 0.2) is 0 Å². The highest BCUT2D eigenvalue weighted by molar-refractivity contribution is 7.10. The molecule has 0 unspecified atom stereocenters. The van der Waals surface area contributed by atoms with Gasteiger partial charge in [0.25, 0.3) is 0 Å². The number of carbonyl (C=O) groups excluding carboxylic acids is 2. The first-order valence-corrected chi connectivity index (χ1v) is 13.1. The van der Waals surface area contributed by atoms with E-state index >= 15 is 0 Å². The maximum absolute atomic E-state index is 13.5. The number of nitrogens with zero attached hydrogens (tertiary/aromatic N) is 2. The average molecular weight is 471 g/mol. The fraction of sp³-hybridized carbons (Fsp3) is 0.556. The first kappa shape index (κ1) is 25.3. The van der Waals surface area contributed by atoms with Crippen LogP contribution in [0.4, 0.5) is 0 Å². The van der Waals surface area contributed by atoms with Crippen molar-refractivity contribution in [3.8, 4) is 5.75 Å². The fourth-order valence-corrected chi connectivity index (χ4v) is 5.16. The summed E-state index contributed by atoms with van der Waals surface area (Å²) in [6.07, 6.45) is 2.25. The van der Waals surface area contributed by atoms with Gasteiger partial charge in [0.2, 0.25) is 11.8 Å². The minimum absolute atomic E-state index is 0.000656. The maximum atomic E-state index is 13.5. The lowest BCUT2D eigenvalue weighted by Crippen LogP contribution is -2.48. The highest BCUT2D eigenvalue weighted by Crippen LogP contribution is 2.34. The number of hydrogen-bond donors (Lipinski definition) is 0. The third-order valence-electron chi connectivity index (χ3n) is 6.58. The van der Waals surface area contributed by atoms with Crippen LogP contribution in [0.1, 0.15) is 75.4 Å². The van der Waals surface area contributed by atoms with Crippen LogP contribution in [-0.4, -0.2) is 47.9 Å². The summed E-state index contributed by atoms with van der Waals surface area (Å²) in [5, 5.41) is 2.10. The highest BCUT2D eigenvalue weighted by atomic mass is 32.1. The smallest absolute Gasteiger partial charge is 0.242 e. The lowest BCUT2D eigenvalue weighted by atomic mass is 10.00. The van der Waals surface area contributed by atoms with Gasteiger partial charge in [0.05, 0.1) is 12.6 Å². The first-order valence-electron chi connectivity index (χ1n) is 12.2. The number of ether oxygens (including phenoxy) is 1. The molecule has 0 spiro atoms. The van der Waals surface area contributed by atoms with E-state index in [1.54, 1.807) is 16.2 Å². The van der Waals surface area contributed by atoms with Gasteiger partial charge in [0, 0.05) is 24.4 Å². The molecule has 180 valence electrons. The molecule has 0 radical (unpaired) electrons. The second-order valence-electron chi connectivity index (χ2n) is 9.33. The van der Waals surface area contributed by atoms with Crippen molar-refractivity contribution in [2.24, 2.45) is 5.92 Å². The van der Waals surface area contributed by atoms with Crippen LogP contribution in [0.2, 0.25) is 0 Å². The van der Waals surface area contributed by atoms with Gasteiger partial charge in [0.1, 0.15) is 12.4 Å². The molecule has 0 bridgehead atoms. The third kappa shape index (κ3) is 6.38. The Bertz CT molecular complexity index is 922. The number of benzene rings is 1. The normalized spacial score (nSPS) is 16.4. The van der Waals surface area contributed by atoms with Crippen LogP contribution in [0, 0.1) is 5.92 Å². The molecule has 2 atom stereocenters. The van der Waals surface area contributed by atoms with Gasteiger partial charge in [-0.1, -0.05) is 53.2 Å². The van der Waals surface area contributed by atoms with Gasteiger partial charge in [-0.15, -0.1) is 11.3 Å². The van der Waals surface area contributed by atoms with Crippen LogP contribution in [0.5, 0.6) is 5.75 Å². The van der Waals surface area contributed by atoms with E-state index in [1.165, 1.54) is 16.0 Å². The molecule has 0 saturated carbocycles. The van der Waals surface area contributed by atoms with Crippen molar-refractivity contribution in [2.45, 2.75) is 65.8 Å². The van der Waals surface area contributed by atoms with E-state index in [4.69, 9.17) is 4.74 Å². The molecule has 1 aromatic carbocycles. The molecule has 2 heterocycles. The van der Waals surface area contributed by atoms with E-state index in [9.17, 15) is 9.59 Å². The Morgan fingerprint density at radius 2 is 1.88 bits per heavy atom. The van der Waals surface area contributed by atoms with E-state index in [0.717, 1.165) is 18.6 Å². The number of thiophene rings is 1. The largest absolute Gasteiger partial charge is 0.491 e. The fourth-order valence-electron chi connectivity index (χ4n) is 4.24. The number of amides is 2. The summed E-state index contributed by atoms with van der Waals surface area (Å²) in [6.45, 7) is 12.3. The van der Waals surface area contributed by atoms with E-state index < -0.39 is 0 Å². The molecular formula is C27H38N2O3S. The van der Waals surface area contributed by atoms with Gasteiger partial charge in [-0.2, -0.15) is 0 Å². The predicted octanol–water partition coefficient (Wildman–Crippen LogP) is 5.66. The van der Waals surface area contributed by atoms with Crippen molar-refractivity contribution in [1.82, 2.24) is 9.80 Å². The zero-order valence-corrected chi connectivity index (χ0v) is 21.5. The van der Waals surface area contributed by atoms with Crippen molar-refractivity contribution in [1.29, 1.82) is 0 Å². The lowest BCUT2D eigenvalue weighted by Gasteiger charge is -2.37. The van der Waals surface area contributed by atoms with Crippen LogP contribution < -0.4 is 4.74 Å². The number of rotatable bonds is 10. The Labute approximate surface area is 202 Å². The number of fused-ring (bicyclic) bond motifs is 1. The van der Waals surface area contributed by atoms with E-state index in [1.807, 2.05) is 24.0 Å². The van der Waals surface area contributed by atoms with Crippen molar-refractivity contribution >= 4 is 23.2 Å². The minimum Gasteiger partial charge on any atom is -0.491 e. The summed E-state index contributed by atoms with van der Waals surface area (Å²) in [6, 6.07) is 10.2. The quantitative estimate of drug-likeness (QED) is 0.450. The molecule has 1 aliphatic rings. The molecular weight excluding hydrogens is 432 g/mol. The van der Waals surface area contributed by atoms with Gasteiger partial charge in [-0.05, 0) is 53.0 Å². The Kier molecular flexibility index (Phi) is 8.95. The lowest BCUT2D eigenvalue weighted by molar-refractivity contribution is -0.143. The van der Waals surface area contributed by atoms with Gasteiger partial charge in [-0.3, -0.25) is 9.59 Å². The topological polar surface area (TPSA) is 49.9 Å². The van der Waals surface area contributed by atoms with E-state index in [0.29, 0.717) is 38.0 Å². The highest BCUT2D eigenvalue weighted by Gasteiger charge is 2.33. The van der Waals surface area contributed by atoms with Crippen LogP contribution in [0.15, 0.2) is 35.7 Å². The van der Waals surface area contributed by atoms with Crippen LogP contribution in [0.3, 0.4) is 0 Å². The van der Waals surface area contributed by atoms with Crippen LogP contribution in [-0.2, 0) is 16.0 Å². The van der Waals surface area contributed by atoms with Crippen molar-refractivity contribution in [2.75, 3.05) is 26.2 Å². The maximum Gasteiger partial charge on any atom is 0.242 e. The Morgan fingerprint density at radius 1 is 1.15 bits per heavy atom. The van der Waals surface area contributed by atoms with Gasteiger partial charge < -0.3 is 14.5 Å². The standard InChI is InChI=1S/C27H38N2O3S/c1-6-20(5)16-28(26(30)7-2)17-27(31)29-14-12-25-23(13-15-33-25)24(29)18-32-22-10-8-21(9-11-22)19(3)4/h8-11,13,15,19-20,24H,6-7,12,14,16-18H2,1-5H3/t20-,24+/m0/s1. The SMILES string of the molecule is CCC(=O)N(CC(=O)N1CCc2sccc2[C@H]1COc1ccc(C(C)C)cc1)C[C@@H](C)CC. The Morgan fingerprint density at radius 3 is 2.52 bits per heavy atom. The molecule has 2 aromatic rings. The molecule has 6 heteroatoms. The van der Waals surface area contributed by atoms with Crippen molar-refractivity contribution in [3.63, 3.8) is 0 Å². The molecule has 0 aliphatic carbocycles. The summed E-state index contributed by atoms with van der Waals surface area (Å²) in [7, 11) is 0. The third-order valence-corrected chi connectivity index (χ3v) is 7.58. The number of carbonyl (C=O) groups is 2. The summed E-state index contributed by atoms with van der Waals surface area (Å²) < 4.78 is 6.17. The summed E-state index contributed by atoms with van der Waals surface area (Å²) in [5.74, 6) is 1.69. The van der Waals surface area contributed by atoms with Crippen LogP contribution in [0.25, 0.3) is 0 Å². The summed E-state index contributed by atoms with van der Waals surface area (Å²) in [5.41, 5.74) is 2.45. The first-order chi connectivity index (χ1) is 15.8. The summed E-state index contributed by atoms with van der Waals surface area (Å²) in [4.78, 5) is 31.0. The molecule has 0 N–H and O–H groups in total. The Hall–Kier alpha value is -2.34. The zero-order chi connectivity index (χ0) is 24.0. The Balaban J connectivity index is 1.74. The molecule has 33 heavy (non-hydrogen) atoms. The van der Waals surface area contributed by atoms with Gasteiger partial charge in [-0.25, -0.2) is 0 Å². The molecule has 0 fully saturated rings. The van der Waals surface area contributed by atoms with Crippen LogP contribution >= 0.6 is 11.3 Å². The van der Waals surface area contributed by atoms with E-state index in [-0.39, 0.29) is 24.4 Å². The molecule has 2 amide bonds. The second kappa shape index (κ2) is 11.7. The van der Waals surface area contributed by atoms with E-state index in [2.05, 4.69) is 51.3 Å². The second-order valence-corrected chi connectivity index (χ2v) is 10.3. The summed E-state index contributed by atoms with van der Waals surface area (Å²) >= 11 is 1.75. The monoisotopic (exact) mass is 470 g/mol. The number of hydrogen-bond acceptors (Lipinski definition) is 4. The zero-order valence-electron chi connectivity index (χ0n) is 20.7. The average Bonchev–Trinajstić information content (AvgIpc) is 3.30. The van der Waals surface area contributed by atoms with Gasteiger partial charge >= 0.3 is 0 Å². The van der Waals surface area contributed by atoms with Crippen molar-refractivity contribution < 1.29 is 14.3 Å². The molecule has 1 aromatic heterocycles. The molecule has 0 saturated heterocycles. The molecule has 5 nitrogen and oxygen atoms in total. The predicted molar refractivity (Wildman–Crippen MR) is 135 cm³/mol. The molecule has 3 rings (SSSR count). The van der Waals surface area contributed by atoms with Crippen molar-refractivity contribution in [3.05, 3.63) is 51.7 Å².